The van der Waals surface area contributed by atoms with Crippen molar-refractivity contribution < 1.29 is 14.6 Å². The standard InChI is InChI=1S/C18H14BrNO3/c1-12-4-2-3-5-14(12)11-23-17-7-6-13(9-16(17)19)8-15(10-20)18(21)22/h2-9H,11H2,1H3,(H,21,22). The van der Waals surface area contributed by atoms with Crippen LogP contribution in [-0.2, 0) is 11.4 Å². The second kappa shape index (κ2) is 7.61. The van der Waals surface area contributed by atoms with Gasteiger partial charge < -0.3 is 9.84 Å². The van der Waals surface area contributed by atoms with Crippen molar-refractivity contribution >= 4 is 28.0 Å². The first-order valence-electron chi connectivity index (χ1n) is 6.83. The van der Waals surface area contributed by atoms with Gasteiger partial charge in [-0.15, -0.1) is 0 Å². The molecular formula is C18H14BrNO3. The van der Waals surface area contributed by atoms with Gasteiger partial charge in [0.1, 0.15) is 24.0 Å². The monoisotopic (exact) mass is 371 g/mol. The lowest BCUT2D eigenvalue weighted by Gasteiger charge is -2.10. The number of rotatable bonds is 5. The van der Waals surface area contributed by atoms with Gasteiger partial charge in [0.15, 0.2) is 0 Å². The number of nitriles is 1. The molecule has 23 heavy (non-hydrogen) atoms. The number of hydrogen-bond donors (Lipinski definition) is 1. The molecule has 2 aromatic rings. The van der Waals surface area contributed by atoms with Crippen LogP contribution in [0.25, 0.3) is 6.08 Å². The van der Waals surface area contributed by atoms with E-state index >= 15 is 0 Å². The van der Waals surface area contributed by atoms with Crippen LogP contribution in [0.3, 0.4) is 0 Å². The molecule has 5 heteroatoms. The third-order valence-corrected chi connectivity index (χ3v) is 3.88. The highest BCUT2D eigenvalue weighted by Gasteiger charge is 2.08. The lowest BCUT2D eigenvalue weighted by atomic mass is 10.1. The molecule has 0 aliphatic carbocycles. The van der Waals surface area contributed by atoms with Crippen LogP contribution in [0.4, 0.5) is 0 Å². The summed E-state index contributed by atoms with van der Waals surface area (Å²) >= 11 is 3.40. The molecule has 4 nitrogen and oxygen atoms in total. The fourth-order valence-electron chi connectivity index (χ4n) is 1.96. The summed E-state index contributed by atoms with van der Waals surface area (Å²) in [7, 11) is 0. The first-order valence-corrected chi connectivity index (χ1v) is 7.62. The minimum Gasteiger partial charge on any atom is -0.488 e. The van der Waals surface area contributed by atoms with Gasteiger partial charge in [-0.1, -0.05) is 30.3 Å². The van der Waals surface area contributed by atoms with Gasteiger partial charge in [0, 0.05) is 0 Å². The second-order valence-corrected chi connectivity index (χ2v) is 5.73. The molecule has 2 rings (SSSR count). The molecule has 0 fully saturated rings. The summed E-state index contributed by atoms with van der Waals surface area (Å²) in [4.78, 5) is 10.9. The molecule has 0 saturated heterocycles. The molecule has 0 unspecified atom stereocenters. The van der Waals surface area contributed by atoms with Gasteiger partial charge in [-0.25, -0.2) is 4.79 Å². The minimum absolute atomic E-state index is 0.314. The maximum Gasteiger partial charge on any atom is 0.346 e. The number of carboxylic acids is 1. The van der Waals surface area contributed by atoms with Crippen LogP contribution in [0.2, 0.25) is 0 Å². The number of nitrogens with zero attached hydrogens (tertiary/aromatic N) is 1. The van der Waals surface area contributed by atoms with Crippen LogP contribution in [0, 0.1) is 18.3 Å². The van der Waals surface area contributed by atoms with Gasteiger partial charge in [0.05, 0.1) is 4.47 Å². The smallest absolute Gasteiger partial charge is 0.346 e. The Hall–Kier alpha value is -2.58. The van der Waals surface area contributed by atoms with Crippen LogP contribution in [-0.4, -0.2) is 11.1 Å². The molecule has 0 aliphatic rings. The van der Waals surface area contributed by atoms with Gasteiger partial charge >= 0.3 is 5.97 Å². The number of carbonyl (C=O) groups is 1. The van der Waals surface area contributed by atoms with Crippen molar-refractivity contribution in [1.82, 2.24) is 0 Å². The third-order valence-electron chi connectivity index (χ3n) is 3.26. The lowest BCUT2D eigenvalue weighted by Crippen LogP contribution is -1.99. The molecule has 0 aromatic heterocycles. The molecule has 0 radical (unpaired) electrons. The van der Waals surface area contributed by atoms with Crippen molar-refractivity contribution in [3.8, 4) is 11.8 Å². The van der Waals surface area contributed by atoms with Gasteiger partial charge in [-0.3, -0.25) is 0 Å². The predicted octanol–water partition coefficient (Wildman–Crippen LogP) is 4.33. The number of benzene rings is 2. The molecule has 0 atom stereocenters. The highest BCUT2D eigenvalue weighted by atomic mass is 79.9. The first kappa shape index (κ1) is 16.8. The van der Waals surface area contributed by atoms with E-state index in [9.17, 15) is 4.79 Å². The zero-order valence-corrected chi connectivity index (χ0v) is 14.0. The van der Waals surface area contributed by atoms with Crippen LogP contribution in [0.5, 0.6) is 5.75 Å². The van der Waals surface area contributed by atoms with E-state index in [2.05, 4.69) is 15.9 Å². The molecule has 116 valence electrons. The number of halogens is 1. The van der Waals surface area contributed by atoms with Crippen LogP contribution < -0.4 is 4.74 Å². The van der Waals surface area contributed by atoms with Crippen molar-refractivity contribution in [2.24, 2.45) is 0 Å². The molecule has 0 saturated carbocycles. The number of aliphatic carboxylic acids is 1. The fraction of sp³-hybridized carbons (Fsp3) is 0.111. The van der Waals surface area contributed by atoms with Crippen LogP contribution in [0.15, 0.2) is 52.5 Å². The Labute approximate surface area is 142 Å². The summed E-state index contributed by atoms with van der Waals surface area (Å²) in [6.45, 7) is 2.47. The van der Waals surface area contributed by atoms with E-state index in [0.717, 1.165) is 11.1 Å². The van der Waals surface area contributed by atoms with Crippen molar-refractivity contribution in [1.29, 1.82) is 5.26 Å². The normalized spacial score (nSPS) is 10.9. The highest BCUT2D eigenvalue weighted by Crippen LogP contribution is 2.28. The summed E-state index contributed by atoms with van der Waals surface area (Å²) < 4.78 is 6.49. The van der Waals surface area contributed by atoms with E-state index in [-0.39, 0.29) is 5.57 Å². The molecular weight excluding hydrogens is 358 g/mol. The Morgan fingerprint density at radius 1 is 1.35 bits per heavy atom. The average Bonchev–Trinajstić information content (AvgIpc) is 2.53. The Morgan fingerprint density at radius 2 is 2.09 bits per heavy atom. The quantitative estimate of drug-likeness (QED) is 0.627. The second-order valence-electron chi connectivity index (χ2n) is 4.88. The zero-order chi connectivity index (χ0) is 16.8. The number of ether oxygens (including phenoxy) is 1. The Bertz CT molecular complexity index is 806. The van der Waals surface area contributed by atoms with Crippen molar-refractivity contribution in [2.45, 2.75) is 13.5 Å². The fourth-order valence-corrected chi connectivity index (χ4v) is 2.47. The van der Waals surface area contributed by atoms with E-state index < -0.39 is 5.97 Å². The summed E-state index contributed by atoms with van der Waals surface area (Å²) in [5, 5.41) is 17.6. The summed E-state index contributed by atoms with van der Waals surface area (Å²) in [6.07, 6.45) is 1.32. The Balaban J connectivity index is 2.16. The van der Waals surface area contributed by atoms with E-state index in [1.807, 2.05) is 31.2 Å². The largest absolute Gasteiger partial charge is 0.488 e. The summed E-state index contributed by atoms with van der Waals surface area (Å²) in [5.74, 6) is -0.595. The Morgan fingerprint density at radius 3 is 2.70 bits per heavy atom. The zero-order valence-electron chi connectivity index (χ0n) is 12.4. The highest BCUT2D eigenvalue weighted by molar-refractivity contribution is 9.10. The maximum atomic E-state index is 10.9. The topological polar surface area (TPSA) is 70.3 Å². The van der Waals surface area contributed by atoms with E-state index in [4.69, 9.17) is 15.1 Å². The van der Waals surface area contributed by atoms with Gasteiger partial charge in [0.25, 0.3) is 0 Å². The number of aryl methyl sites for hydroxylation is 1. The van der Waals surface area contributed by atoms with Crippen LogP contribution in [0.1, 0.15) is 16.7 Å². The summed E-state index contributed by atoms with van der Waals surface area (Å²) in [6, 6.07) is 14.8. The SMILES string of the molecule is Cc1ccccc1COc1ccc(C=C(C#N)C(=O)O)cc1Br. The summed E-state index contributed by atoms with van der Waals surface area (Å²) in [5.41, 5.74) is 2.55. The van der Waals surface area contributed by atoms with Crippen molar-refractivity contribution in [3.05, 3.63) is 69.2 Å². The van der Waals surface area contributed by atoms with Gasteiger partial charge in [-0.2, -0.15) is 5.26 Å². The molecule has 0 amide bonds. The molecule has 0 spiro atoms. The minimum atomic E-state index is -1.25. The van der Waals surface area contributed by atoms with Gasteiger partial charge in [-0.05, 0) is 57.8 Å². The maximum absolute atomic E-state index is 10.9. The van der Waals surface area contributed by atoms with Crippen LogP contribution >= 0.6 is 15.9 Å². The van der Waals surface area contributed by atoms with E-state index in [1.165, 1.54) is 6.08 Å². The lowest BCUT2D eigenvalue weighted by molar-refractivity contribution is -0.132. The third kappa shape index (κ3) is 4.44. The number of carboxylic acid groups (broad SMARTS) is 1. The van der Waals surface area contributed by atoms with E-state index in [0.29, 0.717) is 22.4 Å². The first-order chi connectivity index (χ1) is 11.0. The van der Waals surface area contributed by atoms with Crippen molar-refractivity contribution in [2.75, 3.05) is 0 Å². The molecule has 0 bridgehead atoms. The molecule has 2 aromatic carbocycles. The van der Waals surface area contributed by atoms with E-state index in [1.54, 1.807) is 24.3 Å². The Kier molecular flexibility index (Phi) is 5.56. The molecule has 0 heterocycles. The van der Waals surface area contributed by atoms with Crippen molar-refractivity contribution in [3.63, 3.8) is 0 Å². The molecule has 1 N–H and O–H groups in total. The number of hydrogen-bond acceptors (Lipinski definition) is 3. The molecule has 0 aliphatic heterocycles. The average molecular weight is 372 g/mol. The predicted molar refractivity (Wildman–Crippen MR) is 90.9 cm³/mol. The van der Waals surface area contributed by atoms with Gasteiger partial charge in [0.2, 0.25) is 0 Å².